The van der Waals surface area contributed by atoms with Crippen LogP contribution in [-0.2, 0) is 10.8 Å². The maximum absolute atomic E-state index is 4.04. The van der Waals surface area contributed by atoms with Crippen LogP contribution in [0.5, 0.6) is 0 Å². The van der Waals surface area contributed by atoms with Gasteiger partial charge in [-0.2, -0.15) is 0 Å². The van der Waals surface area contributed by atoms with E-state index in [-0.39, 0.29) is 10.8 Å². The van der Waals surface area contributed by atoms with E-state index in [1.807, 2.05) is 34.8 Å². The van der Waals surface area contributed by atoms with Gasteiger partial charge in [0.25, 0.3) is 0 Å². The zero-order valence-electron chi connectivity index (χ0n) is 40.9. The van der Waals surface area contributed by atoms with Crippen LogP contribution < -0.4 is 9.80 Å². The summed E-state index contributed by atoms with van der Waals surface area (Å²) in [6.07, 6.45) is 3.80. The summed E-state index contributed by atoms with van der Waals surface area (Å²) in [5.41, 5.74) is 22.2. The third-order valence-corrected chi connectivity index (χ3v) is 17.6. The first-order valence-electron chi connectivity index (χ1n) is 24.8. The molecule has 0 atom stereocenters. The molecule has 0 amide bonds. The van der Waals surface area contributed by atoms with Gasteiger partial charge in [0.15, 0.2) is 0 Å². The second kappa shape index (κ2) is 16.8. The second-order valence-corrected chi connectivity index (χ2v) is 22.4. The van der Waals surface area contributed by atoms with Crippen LogP contribution in [0, 0.1) is 0 Å². The molecular weight excluding hydrogens is 909 g/mol. The number of hydrogen-bond acceptors (Lipinski definition) is 4. The molecule has 2 heterocycles. The molecule has 0 bridgehead atoms. The Morgan fingerprint density at radius 1 is 0.347 bits per heavy atom. The van der Waals surface area contributed by atoms with Gasteiger partial charge in [-0.1, -0.05) is 186 Å². The Morgan fingerprint density at radius 3 is 1.10 bits per heavy atom. The van der Waals surface area contributed by atoms with Crippen molar-refractivity contribution >= 4 is 87.7 Å². The van der Waals surface area contributed by atoms with E-state index >= 15 is 0 Å². The van der Waals surface area contributed by atoms with E-state index in [0.29, 0.717) is 0 Å². The zero-order valence-corrected chi connectivity index (χ0v) is 42.5. The zero-order chi connectivity index (χ0) is 48.9. The van der Waals surface area contributed by atoms with Gasteiger partial charge >= 0.3 is 0 Å². The van der Waals surface area contributed by atoms with Gasteiger partial charge in [0, 0.05) is 43.0 Å². The summed E-state index contributed by atoms with van der Waals surface area (Å²) >= 11 is 3.70. The molecule has 0 radical (unpaired) electrons. The van der Waals surface area contributed by atoms with Gasteiger partial charge in [-0.25, -0.2) is 0 Å². The van der Waals surface area contributed by atoms with Crippen molar-refractivity contribution in [1.29, 1.82) is 0 Å². The Kier molecular flexibility index (Phi) is 10.3. The van der Waals surface area contributed by atoms with Gasteiger partial charge in [-0.05, 0) is 161 Å². The number of thiophene rings is 2. The van der Waals surface area contributed by atoms with E-state index in [2.05, 4.69) is 257 Å². The topological polar surface area (TPSA) is 6.48 Å². The molecule has 0 N–H and O–H groups in total. The number of rotatable bonds is 10. The largest absolute Gasteiger partial charge is 0.302 e. The van der Waals surface area contributed by atoms with Crippen LogP contribution in [0.2, 0.25) is 0 Å². The highest BCUT2D eigenvalue weighted by Crippen LogP contribution is 2.54. The third-order valence-electron chi connectivity index (χ3n) is 15.4. The Bertz CT molecular complexity index is 3890. The fourth-order valence-electron chi connectivity index (χ4n) is 11.5. The molecule has 0 saturated carbocycles. The Balaban J connectivity index is 0.894. The highest BCUT2D eigenvalue weighted by molar-refractivity contribution is 7.24. The van der Waals surface area contributed by atoms with Crippen LogP contribution in [0.25, 0.3) is 76.8 Å². The van der Waals surface area contributed by atoms with Crippen LogP contribution in [0.15, 0.2) is 219 Å². The molecule has 346 valence electrons. The molecule has 13 rings (SSSR count). The van der Waals surface area contributed by atoms with Crippen molar-refractivity contribution in [3.63, 3.8) is 0 Å². The lowest BCUT2D eigenvalue weighted by molar-refractivity contribution is 0.660. The summed E-state index contributed by atoms with van der Waals surface area (Å²) in [5.74, 6) is 0. The van der Waals surface area contributed by atoms with Gasteiger partial charge in [0.05, 0.1) is 0 Å². The van der Waals surface area contributed by atoms with Crippen LogP contribution in [0.1, 0.15) is 61.1 Å². The van der Waals surface area contributed by atoms with Crippen LogP contribution in [0.3, 0.4) is 0 Å². The number of benzene rings is 9. The van der Waals surface area contributed by atoms with E-state index in [1.54, 1.807) is 0 Å². The fraction of sp³-hybridized carbons (Fsp3) is 0.0882. The van der Waals surface area contributed by atoms with Crippen LogP contribution in [-0.4, -0.2) is 0 Å². The lowest BCUT2D eigenvalue weighted by Crippen LogP contribution is -2.15. The Hall–Kier alpha value is -8.02. The van der Waals surface area contributed by atoms with E-state index in [0.717, 1.165) is 33.9 Å². The molecule has 9 aromatic carbocycles. The summed E-state index contributed by atoms with van der Waals surface area (Å²) in [5, 5.41) is 4.84. The van der Waals surface area contributed by atoms with Crippen molar-refractivity contribution in [2.75, 3.05) is 9.80 Å². The van der Waals surface area contributed by atoms with Crippen molar-refractivity contribution in [2.24, 2.45) is 0 Å². The third kappa shape index (κ3) is 7.12. The lowest BCUT2D eigenvalue weighted by atomic mass is 9.82. The predicted octanol–water partition coefficient (Wildman–Crippen LogP) is 20.3. The first kappa shape index (κ1) is 44.0. The van der Waals surface area contributed by atoms with Crippen molar-refractivity contribution in [2.45, 2.75) is 38.5 Å². The molecule has 0 saturated heterocycles. The van der Waals surface area contributed by atoms with E-state index in [1.165, 1.54) is 96.9 Å². The predicted molar refractivity (Wildman–Crippen MR) is 313 cm³/mol. The average molecular weight is 961 g/mol. The van der Waals surface area contributed by atoms with Gasteiger partial charge in [-0.3, -0.25) is 0 Å². The minimum absolute atomic E-state index is 0.0574. The number of fused-ring (bicyclic) bond motifs is 8. The van der Waals surface area contributed by atoms with Crippen molar-refractivity contribution in [1.82, 2.24) is 0 Å². The van der Waals surface area contributed by atoms with Gasteiger partial charge in [0.2, 0.25) is 0 Å². The maximum Gasteiger partial charge on any atom is 0.101 e. The molecule has 0 unspecified atom stereocenters. The SMILES string of the molecule is C=Cc1ccc(-c2ccc(-c3ccc(N(c4ccc5c(c4)-c4ccccc4C5(C)C)c4cc5cc6sc(N(c7ccc(C=C)cc7)c7ccc8c(c7)-c7ccccc7C8(C)C)cc6cc5s4)cc3)cc2)cc1. The van der Waals surface area contributed by atoms with E-state index < -0.39 is 0 Å². The fourth-order valence-corrected chi connectivity index (χ4v) is 13.8. The Labute approximate surface area is 430 Å². The summed E-state index contributed by atoms with van der Waals surface area (Å²) in [6.45, 7) is 17.3. The summed E-state index contributed by atoms with van der Waals surface area (Å²) in [4.78, 5) is 4.89. The molecule has 4 heteroatoms. The van der Waals surface area contributed by atoms with Crippen molar-refractivity contribution in [3.05, 3.63) is 253 Å². The normalized spacial score (nSPS) is 13.6. The van der Waals surface area contributed by atoms with Gasteiger partial charge in [-0.15, -0.1) is 22.7 Å². The molecular formula is C68H52N2S2. The highest BCUT2D eigenvalue weighted by atomic mass is 32.1. The smallest absolute Gasteiger partial charge is 0.101 e. The molecule has 2 nitrogen and oxygen atoms in total. The number of nitrogens with zero attached hydrogens (tertiary/aromatic N) is 2. The number of anilines is 6. The van der Waals surface area contributed by atoms with Gasteiger partial charge in [0.1, 0.15) is 10.0 Å². The summed E-state index contributed by atoms with van der Waals surface area (Å²) in [6, 6.07) is 76.9. The molecule has 0 fully saturated rings. The molecule has 2 aromatic heterocycles. The second-order valence-electron chi connectivity index (χ2n) is 20.3. The minimum Gasteiger partial charge on any atom is -0.302 e. The quantitative estimate of drug-likeness (QED) is 0.135. The molecule has 2 aliphatic rings. The Morgan fingerprint density at radius 2 is 0.681 bits per heavy atom. The lowest BCUT2D eigenvalue weighted by Gasteiger charge is -2.26. The van der Waals surface area contributed by atoms with Crippen LogP contribution in [0.4, 0.5) is 32.8 Å². The summed E-state index contributed by atoms with van der Waals surface area (Å²) in [7, 11) is 0. The standard InChI is InChI=1S/C68H52N2S2/c1-7-43-17-21-45(22-18-43)46-23-25-47(26-24-46)48-27-31-52(32-28-48)70(54-34-36-62-58(42-54)56-14-10-12-16-60(56)68(62,5)6)66-40-50-38-63-49(37-64(50)72-66)39-65(71-63)69(51-29-19-44(8-2)20-30-51)53-33-35-61-57(41-53)55-13-9-11-15-59(55)67(61,3)4/h7-42H,1-2H2,3-6H3. The maximum atomic E-state index is 4.04. The van der Waals surface area contributed by atoms with Crippen molar-refractivity contribution < 1.29 is 0 Å². The monoisotopic (exact) mass is 960 g/mol. The molecule has 72 heavy (non-hydrogen) atoms. The van der Waals surface area contributed by atoms with Crippen LogP contribution >= 0.6 is 22.7 Å². The van der Waals surface area contributed by atoms with E-state index in [9.17, 15) is 0 Å². The first-order chi connectivity index (χ1) is 35.0. The van der Waals surface area contributed by atoms with E-state index in [4.69, 9.17) is 0 Å². The molecule has 2 aliphatic carbocycles. The highest BCUT2D eigenvalue weighted by Gasteiger charge is 2.37. The molecule has 0 aliphatic heterocycles. The number of hydrogen-bond donors (Lipinski definition) is 0. The molecule has 0 spiro atoms. The first-order valence-corrected chi connectivity index (χ1v) is 26.4. The summed E-state index contributed by atoms with van der Waals surface area (Å²) < 4.78 is 2.52. The van der Waals surface area contributed by atoms with Gasteiger partial charge < -0.3 is 9.80 Å². The molecule has 11 aromatic rings. The average Bonchev–Trinajstić information content (AvgIpc) is 4.14. The van der Waals surface area contributed by atoms with Crippen molar-refractivity contribution in [3.8, 4) is 44.5 Å². The minimum atomic E-state index is -0.0722.